The van der Waals surface area contributed by atoms with Crippen molar-refractivity contribution < 1.29 is 14.7 Å². The number of aliphatic hydroxyl groups is 1. The molecule has 6 heteroatoms. The van der Waals surface area contributed by atoms with Crippen molar-refractivity contribution in [3.63, 3.8) is 0 Å². The van der Waals surface area contributed by atoms with E-state index in [1.165, 1.54) is 4.90 Å². The zero-order valence-electron chi connectivity index (χ0n) is 12.5. The average molecular weight is 293 g/mol. The zero-order valence-corrected chi connectivity index (χ0v) is 12.5. The van der Waals surface area contributed by atoms with E-state index in [0.29, 0.717) is 12.2 Å². The molecule has 3 amide bonds. The zero-order chi connectivity index (χ0) is 15.8. The first-order chi connectivity index (χ1) is 9.93. The Kier molecular flexibility index (Phi) is 6.68. The van der Waals surface area contributed by atoms with Gasteiger partial charge in [-0.25, -0.2) is 4.79 Å². The highest BCUT2D eigenvalue weighted by Crippen LogP contribution is 2.16. The van der Waals surface area contributed by atoms with E-state index in [4.69, 9.17) is 5.73 Å². The van der Waals surface area contributed by atoms with Gasteiger partial charge in [0.2, 0.25) is 5.91 Å². The lowest BCUT2D eigenvalue weighted by Gasteiger charge is -2.21. The topological polar surface area (TPSA) is 95.7 Å². The van der Waals surface area contributed by atoms with Gasteiger partial charge in [-0.2, -0.15) is 0 Å². The fourth-order valence-electron chi connectivity index (χ4n) is 1.84. The second-order valence-electron chi connectivity index (χ2n) is 4.97. The molecule has 0 saturated heterocycles. The van der Waals surface area contributed by atoms with Gasteiger partial charge in [0.25, 0.3) is 0 Å². The Balaban J connectivity index is 2.68. The number of nitrogens with one attached hydrogen (secondary N) is 1. The largest absolute Gasteiger partial charge is 0.389 e. The molecule has 0 fully saturated rings. The van der Waals surface area contributed by atoms with Gasteiger partial charge in [0.1, 0.15) is 6.54 Å². The summed E-state index contributed by atoms with van der Waals surface area (Å²) in [6.07, 6.45) is 1.18. The summed E-state index contributed by atoms with van der Waals surface area (Å²) in [7, 11) is 0. The van der Waals surface area contributed by atoms with Crippen molar-refractivity contribution in [3.05, 3.63) is 29.8 Å². The van der Waals surface area contributed by atoms with Crippen LogP contribution in [-0.4, -0.2) is 35.0 Å². The minimum absolute atomic E-state index is 0.0996. The Morgan fingerprint density at radius 2 is 1.95 bits per heavy atom. The normalized spacial score (nSPS) is 11.8. The maximum absolute atomic E-state index is 12.1. The van der Waals surface area contributed by atoms with Crippen LogP contribution >= 0.6 is 0 Å². The second-order valence-corrected chi connectivity index (χ2v) is 4.97. The van der Waals surface area contributed by atoms with E-state index in [2.05, 4.69) is 5.32 Å². The first-order valence-corrected chi connectivity index (χ1v) is 7.06. The Labute approximate surface area is 124 Å². The summed E-state index contributed by atoms with van der Waals surface area (Å²) in [4.78, 5) is 24.5. The molecule has 0 heterocycles. The lowest BCUT2D eigenvalue weighted by atomic mass is 10.1. The number of nitrogens with zero attached hydrogens (tertiary/aromatic N) is 1. The highest BCUT2D eigenvalue weighted by atomic mass is 16.3. The molecule has 116 valence electrons. The van der Waals surface area contributed by atoms with Crippen LogP contribution in [0.5, 0.6) is 0 Å². The van der Waals surface area contributed by atoms with Crippen molar-refractivity contribution in [2.24, 2.45) is 5.73 Å². The Bertz CT molecular complexity index is 472. The number of carbonyl (C=O) groups excluding carboxylic acids is 2. The lowest BCUT2D eigenvalue weighted by Crippen LogP contribution is -2.41. The van der Waals surface area contributed by atoms with Gasteiger partial charge in [0.05, 0.1) is 6.10 Å². The molecule has 1 atom stereocenters. The van der Waals surface area contributed by atoms with Crippen molar-refractivity contribution in [2.45, 2.75) is 32.8 Å². The Hall–Kier alpha value is -2.08. The Morgan fingerprint density at radius 3 is 2.43 bits per heavy atom. The smallest absolute Gasteiger partial charge is 0.322 e. The molecule has 4 N–H and O–H groups in total. The minimum Gasteiger partial charge on any atom is -0.389 e. The fourth-order valence-corrected chi connectivity index (χ4v) is 1.84. The van der Waals surface area contributed by atoms with Crippen LogP contribution in [0, 0.1) is 0 Å². The van der Waals surface area contributed by atoms with Crippen LogP contribution in [0.4, 0.5) is 10.5 Å². The molecule has 0 spiro atoms. The van der Waals surface area contributed by atoms with Crippen molar-refractivity contribution in [2.75, 3.05) is 18.4 Å². The van der Waals surface area contributed by atoms with Gasteiger partial charge >= 0.3 is 6.03 Å². The van der Waals surface area contributed by atoms with E-state index in [0.717, 1.165) is 18.4 Å². The number of aliphatic hydroxyl groups excluding tert-OH is 1. The van der Waals surface area contributed by atoms with Crippen molar-refractivity contribution in [3.8, 4) is 0 Å². The number of unbranched alkanes of at least 4 members (excludes halogenated alkanes) is 1. The predicted molar refractivity (Wildman–Crippen MR) is 81.8 cm³/mol. The molecule has 1 aromatic carbocycles. The minimum atomic E-state index is -0.550. The summed E-state index contributed by atoms with van der Waals surface area (Å²) in [6.45, 7) is 4.07. The van der Waals surface area contributed by atoms with Crippen molar-refractivity contribution >= 4 is 17.6 Å². The molecule has 1 unspecified atom stereocenters. The monoisotopic (exact) mass is 293 g/mol. The molecule has 6 nitrogen and oxygen atoms in total. The summed E-state index contributed by atoms with van der Waals surface area (Å²) in [6, 6.07) is 6.55. The lowest BCUT2D eigenvalue weighted by molar-refractivity contribution is -0.118. The number of hydrogen-bond acceptors (Lipinski definition) is 3. The van der Waals surface area contributed by atoms with Crippen LogP contribution in [0.3, 0.4) is 0 Å². The molecule has 0 aliphatic carbocycles. The fraction of sp³-hybridized carbons (Fsp3) is 0.467. The maximum atomic E-state index is 12.1. The molecular weight excluding hydrogens is 270 g/mol. The Morgan fingerprint density at radius 1 is 1.33 bits per heavy atom. The second kappa shape index (κ2) is 8.26. The van der Waals surface area contributed by atoms with Gasteiger partial charge in [-0.05, 0) is 31.0 Å². The van der Waals surface area contributed by atoms with Crippen molar-refractivity contribution in [1.82, 2.24) is 4.90 Å². The molecule has 21 heavy (non-hydrogen) atoms. The number of nitrogens with two attached hydrogens (primary N) is 1. The molecule has 1 aromatic rings. The number of hydrogen-bond donors (Lipinski definition) is 3. The molecule has 0 aromatic heterocycles. The van der Waals surface area contributed by atoms with Crippen molar-refractivity contribution in [1.29, 1.82) is 0 Å². The summed E-state index contributed by atoms with van der Waals surface area (Å²) >= 11 is 0. The third-order valence-electron chi connectivity index (χ3n) is 3.06. The summed E-state index contributed by atoms with van der Waals surface area (Å²) in [5.41, 5.74) is 6.54. The number of urea groups is 1. The number of benzene rings is 1. The van der Waals surface area contributed by atoms with Crippen LogP contribution in [-0.2, 0) is 4.79 Å². The number of carbonyl (C=O) groups is 2. The number of anilines is 1. The SMILES string of the molecule is CCCCN(CC(N)=O)C(=O)Nc1ccc(C(C)O)cc1. The summed E-state index contributed by atoms with van der Waals surface area (Å²) < 4.78 is 0. The van der Waals surface area contributed by atoms with Gasteiger partial charge in [-0.1, -0.05) is 25.5 Å². The van der Waals surface area contributed by atoms with Crippen LogP contribution < -0.4 is 11.1 Å². The first kappa shape index (κ1) is 17.0. The van der Waals surface area contributed by atoms with Crippen LogP contribution in [0.25, 0.3) is 0 Å². The summed E-state index contributed by atoms with van der Waals surface area (Å²) in [5, 5.41) is 12.2. The molecule has 0 aliphatic rings. The first-order valence-electron chi connectivity index (χ1n) is 7.06. The van der Waals surface area contributed by atoms with E-state index in [1.54, 1.807) is 31.2 Å². The molecule has 1 rings (SSSR count). The van der Waals surface area contributed by atoms with E-state index < -0.39 is 12.0 Å². The molecule has 0 bridgehead atoms. The van der Waals surface area contributed by atoms with Gasteiger partial charge in [-0.3, -0.25) is 4.79 Å². The van der Waals surface area contributed by atoms with E-state index in [9.17, 15) is 14.7 Å². The average Bonchev–Trinajstić information content (AvgIpc) is 2.43. The third-order valence-corrected chi connectivity index (χ3v) is 3.06. The van der Waals surface area contributed by atoms with Crippen LogP contribution in [0.15, 0.2) is 24.3 Å². The van der Waals surface area contributed by atoms with E-state index in [1.807, 2.05) is 6.92 Å². The number of rotatable bonds is 7. The van der Waals surface area contributed by atoms with Crippen LogP contribution in [0.1, 0.15) is 38.4 Å². The summed E-state index contributed by atoms with van der Waals surface area (Å²) in [5.74, 6) is -0.536. The van der Waals surface area contributed by atoms with Gasteiger partial charge in [0.15, 0.2) is 0 Å². The van der Waals surface area contributed by atoms with Crippen LogP contribution in [0.2, 0.25) is 0 Å². The van der Waals surface area contributed by atoms with Gasteiger partial charge in [0, 0.05) is 12.2 Å². The molecule has 0 aliphatic heterocycles. The molecular formula is C15H23N3O3. The van der Waals surface area contributed by atoms with E-state index in [-0.39, 0.29) is 12.6 Å². The third kappa shape index (κ3) is 5.83. The standard InChI is InChI=1S/C15H23N3O3/c1-3-4-9-18(10-14(16)20)15(21)17-13-7-5-12(6-8-13)11(2)19/h5-8,11,19H,3-4,9-10H2,1-2H3,(H2,16,20)(H,17,21). The van der Waals surface area contributed by atoms with E-state index >= 15 is 0 Å². The number of primary amides is 1. The molecule has 0 saturated carbocycles. The van der Waals surface area contributed by atoms with Gasteiger partial charge in [-0.15, -0.1) is 0 Å². The number of amides is 3. The highest BCUT2D eigenvalue weighted by molar-refractivity contribution is 5.92. The quantitative estimate of drug-likeness (QED) is 0.716. The predicted octanol–water partition coefficient (Wildman–Crippen LogP) is 1.86. The molecule has 0 radical (unpaired) electrons. The maximum Gasteiger partial charge on any atom is 0.322 e. The van der Waals surface area contributed by atoms with Gasteiger partial charge < -0.3 is 21.1 Å². The highest BCUT2D eigenvalue weighted by Gasteiger charge is 2.15.